The van der Waals surface area contributed by atoms with Crippen molar-refractivity contribution in [1.29, 1.82) is 0 Å². The van der Waals surface area contributed by atoms with Crippen molar-refractivity contribution in [1.82, 2.24) is 5.32 Å². The first kappa shape index (κ1) is 19.9. The van der Waals surface area contributed by atoms with Crippen LogP contribution in [0.3, 0.4) is 0 Å². The van der Waals surface area contributed by atoms with E-state index in [1.54, 1.807) is 12.1 Å². The number of aliphatic carboxylic acids is 1. The summed E-state index contributed by atoms with van der Waals surface area (Å²) < 4.78 is 11.2. The van der Waals surface area contributed by atoms with Gasteiger partial charge in [0.15, 0.2) is 6.61 Å². The third-order valence-corrected chi connectivity index (χ3v) is 5.02. The van der Waals surface area contributed by atoms with Gasteiger partial charge in [0, 0.05) is 5.56 Å². The first-order valence-corrected chi connectivity index (χ1v) is 9.65. The third kappa shape index (κ3) is 4.18. The average Bonchev–Trinajstić information content (AvgIpc) is 3.13. The van der Waals surface area contributed by atoms with Gasteiger partial charge in [0.2, 0.25) is 0 Å². The molecule has 0 aliphatic heterocycles. The molecule has 1 aliphatic carbocycles. The molecular formula is C21H25NO6. The van der Waals surface area contributed by atoms with Crippen LogP contribution in [0.25, 0.3) is 11.0 Å². The molecule has 1 aliphatic rings. The Labute approximate surface area is 162 Å². The minimum Gasteiger partial charge on any atom is -0.483 e. The van der Waals surface area contributed by atoms with Crippen LogP contribution in [-0.2, 0) is 22.4 Å². The van der Waals surface area contributed by atoms with Crippen molar-refractivity contribution < 1.29 is 23.8 Å². The minimum absolute atomic E-state index is 0.303. The van der Waals surface area contributed by atoms with E-state index in [1.165, 1.54) is 0 Å². The normalized spacial score (nSPS) is 13.9. The molecule has 28 heavy (non-hydrogen) atoms. The molecule has 7 heteroatoms. The summed E-state index contributed by atoms with van der Waals surface area (Å²) in [6.07, 6.45) is 4.27. The standard InChI is InChI=1S/C21H25NO6/c1-3-4-8-15(20(24)25)22-18(23)11-27-16-9-12(2)10-17-19(16)13-6-5-7-14(13)21(26)28-17/h9-10,15H,3-8,11H2,1-2H3,(H,22,23)(H,24,25)/t15-/m0/s1. The number of hydrogen-bond donors (Lipinski definition) is 2. The van der Waals surface area contributed by atoms with Crippen molar-refractivity contribution in [2.75, 3.05) is 6.61 Å². The van der Waals surface area contributed by atoms with Crippen LogP contribution in [0.4, 0.5) is 0 Å². The summed E-state index contributed by atoms with van der Waals surface area (Å²) in [5.41, 5.74) is 2.58. The quantitative estimate of drug-likeness (QED) is 0.675. The fourth-order valence-corrected chi connectivity index (χ4v) is 3.66. The lowest BCUT2D eigenvalue weighted by molar-refractivity contribution is -0.142. The predicted octanol–water partition coefficient (Wildman–Crippen LogP) is 2.73. The van der Waals surface area contributed by atoms with Gasteiger partial charge in [0.1, 0.15) is 17.4 Å². The van der Waals surface area contributed by atoms with Gasteiger partial charge >= 0.3 is 11.6 Å². The number of rotatable bonds is 8. The SMILES string of the molecule is CCCC[C@H](NC(=O)COc1cc(C)cc2oc(=O)c3c(c12)CCC3)C(=O)O. The van der Waals surface area contributed by atoms with Crippen molar-refractivity contribution in [3.63, 3.8) is 0 Å². The highest BCUT2D eigenvalue weighted by Gasteiger charge is 2.23. The zero-order valence-electron chi connectivity index (χ0n) is 16.2. The number of benzene rings is 1. The zero-order chi connectivity index (χ0) is 20.3. The molecule has 0 spiro atoms. The van der Waals surface area contributed by atoms with Crippen molar-refractivity contribution in [2.24, 2.45) is 0 Å². The number of ether oxygens (including phenoxy) is 1. The fraction of sp³-hybridized carbons (Fsp3) is 0.476. The molecular weight excluding hydrogens is 362 g/mol. The van der Waals surface area contributed by atoms with E-state index in [0.29, 0.717) is 36.2 Å². The summed E-state index contributed by atoms with van der Waals surface area (Å²) in [7, 11) is 0. The molecule has 1 atom stereocenters. The number of carbonyl (C=O) groups is 2. The van der Waals surface area contributed by atoms with Crippen LogP contribution >= 0.6 is 0 Å². The van der Waals surface area contributed by atoms with Gasteiger partial charge in [-0.2, -0.15) is 0 Å². The van der Waals surface area contributed by atoms with Crippen LogP contribution in [0.2, 0.25) is 0 Å². The van der Waals surface area contributed by atoms with Crippen LogP contribution in [-0.4, -0.2) is 29.6 Å². The van der Waals surface area contributed by atoms with E-state index in [1.807, 2.05) is 13.8 Å². The zero-order valence-corrected chi connectivity index (χ0v) is 16.2. The van der Waals surface area contributed by atoms with Crippen molar-refractivity contribution in [3.05, 3.63) is 39.2 Å². The minimum atomic E-state index is -1.05. The topological polar surface area (TPSA) is 106 Å². The first-order valence-electron chi connectivity index (χ1n) is 9.65. The molecule has 0 saturated carbocycles. The van der Waals surface area contributed by atoms with Crippen molar-refractivity contribution in [2.45, 2.75) is 58.4 Å². The number of amides is 1. The lowest BCUT2D eigenvalue weighted by atomic mass is 10.0. The maximum absolute atomic E-state index is 12.2. The highest BCUT2D eigenvalue weighted by molar-refractivity contribution is 5.90. The highest BCUT2D eigenvalue weighted by atomic mass is 16.5. The Balaban J connectivity index is 1.81. The van der Waals surface area contributed by atoms with Gasteiger partial charge in [-0.25, -0.2) is 9.59 Å². The number of aryl methyl sites for hydroxylation is 2. The lowest BCUT2D eigenvalue weighted by Crippen LogP contribution is -2.42. The molecule has 2 N–H and O–H groups in total. The molecule has 1 aromatic heterocycles. The van der Waals surface area contributed by atoms with Gasteiger partial charge in [0.05, 0.1) is 5.39 Å². The highest BCUT2D eigenvalue weighted by Crippen LogP contribution is 2.35. The van der Waals surface area contributed by atoms with Crippen molar-refractivity contribution in [3.8, 4) is 5.75 Å². The van der Waals surface area contributed by atoms with Crippen LogP contribution < -0.4 is 15.7 Å². The van der Waals surface area contributed by atoms with E-state index in [-0.39, 0.29) is 12.2 Å². The van der Waals surface area contributed by atoms with Crippen LogP contribution in [0.5, 0.6) is 5.75 Å². The average molecular weight is 387 g/mol. The molecule has 1 aromatic carbocycles. The maximum Gasteiger partial charge on any atom is 0.339 e. The van der Waals surface area contributed by atoms with E-state index in [4.69, 9.17) is 9.15 Å². The van der Waals surface area contributed by atoms with E-state index in [9.17, 15) is 19.5 Å². The Hall–Kier alpha value is -2.83. The molecule has 0 saturated heterocycles. The number of unbranched alkanes of at least 4 members (excludes halogenated alkanes) is 1. The van der Waals surface area contributed by atoms with Gasteiger partial charge in [0.25, 0.3) is 5.91 Å². The third-order valence-electron chi connectivity index (χ3n) is 5.02. The Morgan fingerprint density at radius 3 is 2.75 bits per heavy atom. The van der Waals surface area contributed by atoms with Gasteiger partial charge < -0.3 is 19.6 Å². The summed E-state index contributed by atoms with van der Waals surface area (Å²) in [5, 5.41) is 12.5. The monoisotopic (exact) mass is 387 g/mol. The summed E-state index contributed by atoms with van der Waals surface area (Å²) in [6, 6.07) is 2.67. The van der Waals surface area contributed by atoms with Crippen LogP contribution in [0, 0.1) is 6.92 Å². The number of nitrogens with one attached hydrogen (secondary N) is 1. The van der Waals surface area contributed by atoms with E-state index < -0.39 is 17.9 Å². The molecule has 2 aromatic rings. The maximum atomic E-state index is 12.2. The fourth-order valence-electron chi connectivity index (χ4n) is 3.66. The molecule has 3 rings (SSSR count). The number of carboxylic acid groups (broad SMARTS) is 1. The second-order valence-corrected chi connectivity index (χ2v) is 7.23. The van der Waals surface area contributed by atoms with Gasteiger partial charge in [-0.05, 0) is 55.9 Å². The molecule has 0 unspecified atom stereocenters. The molecule has 7 nitrogen and oxygen atoms in total. The summed E-state index contributed by atoms with van der Waals surface area (Å²) >= 11 is 0. The summed E-state index contributed by atoms with van der Waals surface area (Å²) in [5.74, 6) is -1.07. The Kier molecular flexibility index (Phi) is 6.02. The van der Waals surface area contributed by atoms with Crippen LogP contribution in [0.15, 0.2) is 21.3 Å². The number of carboxylic acids is 1. The van der Waals surface area contributed by atoms with Gasteiger partial charge in [-0.1, -0.05) is 19.8 Å². The second kappa shape index (κ2) is 8.46. The smallest absolute Gasteiger partial charge is 0.339 e. The largest absolute Gasteiger partial charge is 0.483 e. The summed E-state index contributed by atoms with van der Waals surface area (Å²) in [6.45, 7) is 3.51. The molecule has 0 radical (unpaired) electrons. The Morgan fingerprint density at radius 2 is 2.04 bits per heavy atom. The van der Waals surface area contributed by atoms with Gasteiger partial charge in [-0.15, -0.1) is 0 Å². The van der Waals surface area contributed by atoms with E-state index >= 15 is 0 Å². The Morgan fingerprint density at radius 1 is 1.29 bits per heavy atom. The number of carbonyl (C=O) groups excluding carboxylic acids is 1. The first-order chi connectivity index (χ1) is 13.4. The summed E-state index contributed by atoms with van der Waals surface area (Å²) in [4.78, 5) is 35.7. The van der Waals surface area contributed by atoms with E-state index in [0.717, 1.165) is 35.8 Å². The lowest BCUT2D eigenvalue weighted by Gasteiger charge is -2.16. The molecule has 1 heterocycles. The van der Waals surface area contributed by atoms with Crippen molar-refractivity contribution >= 4 is 22.8 Å². The second-order valence-electron chi connectivity index (χ2n) is 7.23. The number of fused-ring (bicyclic) bond motifs is 3. The Bertz CT molecular complexity index is 962. The predicted molar refractivity (Wildman–Crippen MR) is 104 cm³/mol. The van der Waals surface area contributed by atoms with E-state index in [2.05, 4.69) is 5.32 Å². The van der Waals surface area contributed by atoms with Crippen LogP contribution in [0.1, 0.15) is 49.3 Å². The molecule has 150 valence electrons. The van der Waals surface area contributed by atoms with Gasteiger partial charge in [-0.3, -0.25) is 4.79 Å². The molecule has 0 fully saturated rings. The molecule has 0 bridgehead atoms. The molecule has 1 amide bonds. The number of hydrogen-bond acceptors (Lipinski definition) is 5.